The van der Waals surface area contributed by atoms with E-state index in [1.54, 1.807) is 18.2 Å². The van der Waals surface area contributed by atoms with Gasteiger partial charge < -0.3 is 19.5 Å². The van der Waals surface area contributed by atoms with Crippen molar-refractivity contribution in [3.8, 4) is 17.6 Å². The molecule has 0 unspecified atom stereocenters. The molecule has 0 saturated heterocycles. The van der Waals surface area contributed by atoms with Crippen LogP contribution in [-0.2, 0) is 10.0 Å². The van der Waals surface area contributed by atoms with E-state index in [0.29, 0.717) is 21.5 Å². The van der Waals surface area contributed by atoms with Crippen LogP contribution in [0.4, 0.5) is 11.5 Å². The molecular weight excluding hydrogens is 528 g/mol. The van der Waals surface area contributed by atoms with E-state index in [0.717, 1.165) is 0 Å². The zero-order valence-electron chi connectivity index (χ0n) is 18.8. The molecule has 0 radical (unpaired) electrons. The average Bonchev–Trinajstić information content (AvgIpc) is 2.79. The second kappa shape index (κ2) is 10.7. The lowest BCUT2D eigenvalue weighted by molar-refractivity contribution is 0.102. The zero-order valence-corrected chi connectivity index (χ0v) is 21.2. The van der Waals surface area contributed by atoms with Crippen LogP contribution in [0, 0.1) is 0 Å². The molecule has 34 heavy (non-hydrogen) atoms. The van der Waals surface area contributed by atoms with E-state index in [2.05, 4.69) is 35.9 Å². The molecule has 2 N–H and O–H groups in total. The second-order valence-electron chi connectivity index (χ2n) is 7.18. The number of aromatic nitrogens is 2. The number of nitrogens with one attached hydrogen (secondary N) is 2. The van der Waals surface area contributed by atoms with Crippen LogP contribution < -0.4 is 24.2 Å². The van der Waals surface area contributed by atoms with Crippen LogP contribution in [0.3, 0.4) is 0 Å². The highest BCUT2D eigenvalue weighted by atomic mass is 79.9. The van der Waals surface area contributed by atoms with Crippen LogP contribution in [0.5, 0.6) is 17.6 Å². The summed E-state index contributed by atoms with van der Waals surface area (Å²) < 4.78 is 44.1. The summed E-state index contributed by atoms with van der Waals surface area (Å²) >= 11 is 3.40. The van der Waals surface area contributed by atoms with Crippen LogP contribution in [0.15, 0.2) is 57.9 Å². The monoisotopic (exact) mass is 550 g/mol. The third-order valence-electron chi connectivity index (χ3n) is 4.29. The predicted octanol–water partition coefficient (Wildman–Crippen LogP) is 4.10. The van der Waals surface area contributed by atoms with E-state index in [9.17, 15) is 13.2 Å². The minimum absolute atomic E-state index is 0.00124. The fourth-order valence-electron chi connectivity index (χ4n) is 2.76. The van der Waals surface area contributed by atoms with Gasteiger partial charge in [-0.05, 0) is 72.2 Å². The Morgan fingerprint density at radius 3 is 2.29 bits per heavy atom. The predicted molar refractivity (Wildman–Crippen MR) is 130 cm³/mol. The quantitative estimate of drug-likeness (QED) is 0.407. The molecule has 10 nitrogen and oxygen atoms in total. The van der Waals surface area contributed by atoms with Gasteiger partial charge >= 0.3 is 6.01 Å². The summed E-state index contributed by atoms with van der Waals surface area (Å²) in [6.07, 6.45) is -0.00124. The van der Waals surface area contributed by atoms with Crippen LogP contribution in [0.1, 0.15) is 24.2 Å². The molecule has 3 rings (SSSR count). The maximum Gasteiger partial charge on any atom is 0.321 e. The molecule has 1 aromatic heterocycles. The third-order valence-corrected chi connectivity index (χ3v) is 6.28. The van der Waals surface area contributed by atoms with Crippen molar-refractivity contribution in [1.82, 2.24) is 9.97 Å². The van der Waals surface area contributed by atoms with Gasteiger partial charge in [0.25, 0.3) is 15.9 Å². The Morgan fingerprint density at radius 1 is 1.00 bits per heavy atom. The Balaban J connectivity index is 1.72. The van der Waals surface area contributed by atoms with Crippen molar-refractivity contribution in [1.29, 1.82) is 0 Å². The van der Waals surface area contributed by atoms with E-state index in [-0.39, 0.29) is 34.6 Å². The number of sulfonamides is 1. The highest BCUT2D eigenvalue weighted by molar-refractivity contribution is 9.10. The number of amides is 1. The molecule has 1 heterocycles. The highest BCUT2D eigenvalue weighted by Gasteiger charge is 2.17. The number of carbonyl (C=O) groups excluding carboxylic acids is 1. The molecule has 0 bridgehead atoms. The Morgan fingerprint density at radius 2 is 1.71 bits per heavy atom. The van der Waals surface area contributed by atoms with Crippen molar-refractivity contribution in [2.24, 2.45) is 0 Å². The lowest BCUT2D eigenvalue weighted by Crippen LogP contribution is -2.15. The smallest absolute Gasteiger partial charge is 0.321 e. The van der Waals surface area contributed by atoms with Crippen molar-refractivity contribution < 1.29 is 27.4 Å². The normalized spacial score (nSPS) is 11.1. The van der Waals surface area contributed by atoms with Crippen LogP contribution >= 0.6 is 15.9 Å². The van der Waals surface area contributed by atoms with Gasteiger partial charge in [-0.2, -0.15) is 9.97 Å². The van der Waals surface area contributed by atoms with Gasteiger partial charge in [0, 0.05) is 17.3 Å². The largest absolute Gasteiger partial charge is 0.490 e. The SMILES string of the molecule is COc1cc(NS(=O)(=O)c2ccc(NC(=O)c3ccc(OC(C)C)c(Br)c3)cc2)nc(OC)n1. The fourth-order valence-corrected chi connectivity index (χ4v) is 4.23. The number of hydrogen-bond donors (Lipinski definition) is 2. The van der Waals surface area contributed by atoms with Crippen LogP contribution in [0.25, 0.3) is 0 Å². The van der Waals surface area contributed by atoms with Gasteiger partial charge in [-0.25, -0.2) is 8.42 Å². The molecule has 0 atom stereocenters. The molecule has 12 heteroatoms. The number of halogens is 1. The highest BCUT2D eigenvalue weighted by Crippen LogP contribution is 2.27. The van der Waals surface area contributed by atoms with Crippen LogP contribution in [-0.4, -0.2) is 44.6 Å². The van der Waals surface area contributed by atoms with Crippen molar-refractivity contribution in [3.05, 3.63) is 58.6 Å². The molecule has 3 aromatic rings. The maximum atomic E-state index is 12.7. The van der Waals surface area contributed by atoms with Gasteiger partial charge in [0.1, 0.15) is 5.75 Å². The third kappa shape index (κ3) is 6.35. The van der Waals surface area contributed by atoms with Crippen molar-refractivity contribution in [2.75, 3.05) is 24.3 Å². The second-order valence-corrected chi connectivity index (χ2v) is 9.71. The zero-order chi connectivity index (χ0) is 24.9. The number of benzene rings is 2. The minimum Gasteiger partial charge on any atom is -0.490 e. The summed E-state index contributed by atoms with van der Waals surface area (Å²) in [7, 11) is -1.22. The summed E-state index contributed by atoms with van der Waals surface area (Å²) in [5.74, 6) is 0.396. The van der Waals surface area contributed by atoms with E-state index in [1.807, 2.05) is 13.8 Å². The van der Waals surface area contributed by atoms with Gasteiger partial charge in [-0.3, -0.25) is 9.52 Å². The summed E-state index contributed by atoms with van der Waals surface area (Å²) in [4.78, 5) is 20.5. The Kier molecular flexibility index (Phi) is 7.94. The molecule has 0 fully saturated rings. The molecule has 2 aromatic carbocycles. The minimum atomic E-state index is -3.97. The number of methoxy groups -OCH3 is 2. The van der Waals surface area contributed by atoms with Gasteiger partial charge in [0.05, 0.1) is 29.7 Å². The molecule has 180 valence electrons. The number of nitrogens with zero attached hydrogens (tertiary/aromatic N) is 2. The standard InChI is InChI=1S/C22H23BrN4O6S/c1-13(2)33-18-10-5-14(11-17(18)23)21(28)24-15-6-8-16(9-7-15)34(29,30)27-19-12-20(31-3)26-22(25-19)32-4/h5-13H,1-4H3,(H,24,28)(H,25,26,27). The van der Waals surface area contributed by atoms with Crippen molar-refractivity contribution >= 4 is 43.4 Å². The van der Waals surface area contributed by atoms with Crippen molar-refractivity contribution in [2.45, 2.75) is 24.8 Å². The number of anilines is 2. The number of ether oxygens (including phenoxy) is 3. The van der Waals surface area contributed by atoms with Crippen LogP contribution in [0.2, 0.25) is 0 Å². The Labute approximate surface area is 205 Å². The average molecular weight is 551 g/mol. The molecule has 1 amide bonds. The summed E-state index contributed by atoms with van der Waals surface area (Å²) in [5.41, 5.74) is 0.834. The van der Waals surface area contributed by atoms with E-state index in [4.69, 9.17) is 14.2 Å². The lowest BCUT2D eigenvalue weighted by atomic mass is 10.2. The lowest BCUT2D eigenvalue weighted by Gasteiger charge is -2.13. The first kappa shape index (κ1) is 25.2. The van der Waals surface area contributed by atoms with E-state index in [1.165, 1.54) is 44.6 Å². The number of carbonyl (C=O) groups is 1. The topological polar surface area (TPSA) is 129 Å². The van der Waals surface area contributed by atoms with Gasteiger partial charge in [-0.15, -0.1) is 0 Å². The first-order valence-electron chi connectivity index (χ1n) is 9.99. The first-order chi connectivity index (χ1) is 16.1. The molecule has 0 spiro atoms. The van der Waals surface area contributed by atoms with Gasteiger partial charge in [0.15, 0.2) is 5.82 Å². The maximum absolute atomic E-state index is 12.7. The van der Waals surface area contributed by atoms with E-state index >= 15 is 0 Å². The summed E-state index contributed by atoms with van der Waals surface area (Å²) in [6, 6.07) is 12.0. The number of rotatable bonds is 9. The van der Waals surface area contributed by atoms with Crippen molar-refractivity contribution in [3.63, 3.8) is 0 Å². The molecule has 0 aliphatic heterocycles. The molecule has 0 saturated carbocycles. The van der Waals surface area contributed by atoms with E-state index < -0.39 is 10.0 Å². The Hall–Kier alpha value is -3.38. The Bertz CT molecular complexity index is 1260. The van der Waals surface area contributed by atoms with Gasteiger partial charge in [0.2, 0.25) is 5.88 Å². The molecular formula is C22H23BrN4O6S. The summed E-state index contributed by atoms with van der Waals surface area (Å²) in [5, 5.41) is 2.73. The van der Waals surface area contributed by atoms with Gasteiger partial charge in [-0.1, -0.05) is 0 Å². The molecule has 0 aliphatic carbocycles. The molecule has 0 aliphatic rings. The first-order valence-corrected chi connectivity index (χ1v) is 12.3. The number of hydrogen-bond acceptors (Lipinski definition) is 8. The summed E-state index contributed by atoms with van der Waals surface area (Å²) in [6.45, 7) is 3.82. The fraction of sp³-hybridized carbons (Fsp3) is 0.227.